The summed E-state index contributed by atoms with van der Waals surface area (Å²) in [5.41, 5.74) is -0.332. The standard InChI is InChI=1S/C8H9NO2/c1-8(2)4-3-6(5-9)7(10)11-8/h3H,4H2,1-2H3. The van der Waals surface area contributed by atoms with Crippen LogP contribution >= 0.6 is 0 Å². The monoisotopic (exact) mass is 151 g/mol. The van der Waals surface area contributed by atoms with Crippen molar-refractivity contribution < 1.29 is 9.53 Å². The average molecular weight is 151 g/mol. The molecule has 3 nitrogen and oxygen atoms in total. The van der Waals surface area contributed by atoms with Crippen LogP contribution in [0.3, 0.4) is 0 Å². The SMILES string of the molecule is CC1(C)CC=C(C#N)C(=O)O1. The molecule has 1 rings (SSSR count). The Balaban J connectivity index is 2.87. The topological polar surface area (TPSA) is 50.1 Å². The number of nitrogens with zero attached hydrogens (tertiary/aromatic N) is 1. The van der Waals surface area contributed by atoms with E-state index in [-0.39, 0.29) is 5.57 Å². The lowest BCUT2D eigenvalue weighted by atomic mass is 10.00. The molecule has 58 valence electrons. The minimum Gasteiger partial charge on any atom is -0.455 e. The van der Waals surface area contributed by atoms with Gasteiger partial charge in [0.25, 0.3) is 0 Å². The third kappa shape index (κ3) is 1.58. The fraction of sp³-hybridized carbons (Fsp3) is 0.500. The summed E-state index contributed by atoms with van der Waals surface area (Å²) in [6, 6.07) is 1.78. The van der Waals surface area contributed by atoms with Crippen LogP contribution in [0.1, 0.15) is 20.3 Å². The predicted octanol–water partition coefficient (Wildman–Crippen LogP) is 1.16. The first-order chi connectivity index (χ1) is 5.05. The third-order valence-corrected chi connectivity index (χ3v) is 1.51. The molecule has 0 bridgehead atoms. The van der Waals surface area contributed by atoms with E-state index in [4.69, 9.17) is 10.00 Å². The molecule has 0 saturated heterocycles. The van der Waals surface area contributed by atoms with E-state index in [0.29, 0.717) is 6.42 Å². The largest absolute Gasteiger partial charge is 0.455 e. The molecule has 11 heavy (non-hydrogen) atoms. The number of hydrogen-bond donors (Lipinski definition) is 0. The molecule has 0 aromatic rings. The number of ether oxygens (including phenoxy) is 1. The molecule has 0 atom stereocenters. The highest BCUT2D eigenvalue weighted by Gasteiger charge is 2.28. The second-order valence-electron chi connectivity index (χ2n) is 3.08. The molecule has 1 heterocycles. The fourth-order valence-corrected chi connectivity index (χ4v) is 0.870. The van der Waals surface area contributed by atoms with E-state index in [1.54, 1.807) is 12.1 Å². The summed E-state index contributed by atoms with van der Waals surface area (Å²) in [5.74, 6) is -0.510. The Morgan fingerprint density at radius 1 is 1.73 bits per heavy atom. The molecule has 1 aliphatic heterocycles. The summed E-state index contributed by atoms with van der Waals surface area (Å²) >= 11 is 0. The van der Waals surface area contributed by atoms with Gasteiger partial charge in [-0.3, -0.25) is 0 Å². The summed E-state index contributed by atoms with van der Waals surface area (Å²) in [5, 5.41) is 8.41. The summed E-state index contributed by atoms with van der Waals surface area (Å²) in [6.07, 6.45) is 2.23. The van der Waals surface area contributed by atoms with E-state index in [9.17, 15) is 4.79 Å². The second kappa shape index (κ2) is 2.39. The van der Waals surface area contributed by atoms with E-state index < -0.39 is 11.6 Å². The van der Waals surface area contributed by atoms with Gasteiger partial charge in [0, 0.05) is 6.42 Å². The molecule has 0 N–H and O–H groups in total. The van der Waals surface area contributed by atoms with E-state index in [2.05, 4.69) is 0 Å². The summed E-state index contributed by atoms with van der Waals surface area (Å²) in [7, 11) is 0. The van der Waals surface area contributed by atoms with Gasteiger partial charge in [-0.2, -0.15) is 5.26 Å². The van der Waals surface area contributed by atoms with Crippen molar-refractivity contribution in [2.75, 3.05) is 0 Å². The summed E-state index contributed by atoms with van der Waals surface area (Å²) in [4.78, 5) is 10.9. The van der Waals surface area contributed by atoms with Crippen molar-refractivity contribution in [1.29, 1.82) is 5.26 Å². The van der Waals surface area contributed by atoms with E-state index in [1.807, 2.05) is 13.8 Å². The smallest absolute Gasteiger partial charge is 0.349 e. The van der Waals surface area contributed by atoms with Crippen LogP contribution in [-0.4, -0.2) is 11.6 Å². The van der Waals surface area contributed by atoms with Gasteiger partial charge >= 0.3 is 5.97 Å². The van der Waals surface area contributed by atoms with Gasteiger partial charge in [0.2, 0.25) is 0 Å². The van der Waals surface area contributed by atoms with Gasteiger partial charge < -0.3 is 4.74 Å². The Morgan fingerprint density at radius 2 is 2.36 bits per heavy atom. The number of nitriles is 1. The minimum atomic E-state index is -0.510. The summed E-state index contributed by atoms with van der Waals surface area (Å²) < 4.78 is 4.95. The number of rotatable bonds is 0. The lowest BCUT2D eigenvalue weighted by Gasteiger charge is -2.26. The Kier molecular flexibility index (Phi) is 1.69. The first-order valence-electron chi connectivity index (χ1n) is 3.39. The van der Waals surface area contributed by atoms with Crippen LogP contribution in [0.15, 0.2) is 11.6 Å². The highest BCUT2D eigenvalue weighted by atomic mass is 16.6. The van der Waals surface area contributed by atoms with Gasteiger partial charge in [0.1, 0.15) is 17.2 Å². The van der Waals surface area contributed by atoms with Crippen molar-refractivity contribution >= 4 is 5.97 Å². The number of carbonyl (C=O) groups excluding carboxylic acids is 1. The molecule has 0 spiro atoms. The lowest BCUT2D eigenvalue weighted by Crippen LogP contribution is -2.31. The van der Waals surface area contributed by atoms with Gasteiger partial charge in [0.15, 0.2) is 0 Å². The molecule has 3 heteroatoms. The van der Waals surface area contributed by atoms with Gasteiger partial charge in [0.05, 0.1) is 0 Å². The van der Waals surface area contributed by atoms with Crippen LogP contribution < -0.4 is 0 Å². The average Bonchev–Trinajstić information content (AvgIpc) is 1.86. The van der Waals surface area contributed by atoms with Gasteiger partial charge in [-0.25, -0.2) is 4.79 Å². The van der Waals surface area contributed by atoms with Crippen LogP contribution in [0.25, 0.3) is 0 Å². The molecule has 0 aromatic heterocycles. The zero-order chi connectivity index (χ0) is 8.48. The quantitative estimate of drug-likeness (QED) is 0.488. The third-order valence-electron chi connectivity index (χ3n) is 1.51. The lowest BCUT2D eigenvalue weighted by molar-refractivity contribution is -0.152. The number of hydrogen-bond acceptors (Lipinski definition) is 3. The molecule has 0 saturated carbocycles. The van der Waals surface area contributed by atoms with E-state index >= 15 is 0 Å². The van der Waals surface area contributed by atoms with Crippen LogP contribution in [0.2, 0.25) is 0 Å². The molecule has 0 radical (unpaired) electrons. The highest BCUT2D eigenvalue weighted by Crippen LogP contribution is 2.22. The number of cyclic esters (lactones) is 1. The van der Waals surface area contributed by atoms with Crippen molar-refractivity contribution in [2.24, 2.45) is 0 Å². The van der Waals surface area contributed by atoms with Crippen molar-refractivity contribution in [3.8, 4) is 6.07 Å². The van der Waals surface area contributed by atoms with Gasteiger partial charge in [-0.05, 0) is 13.8 Å². The molecule has 0 aromatic carbocycles. The van der Waals surface area contributed by atoms with E-state index in [1.165, 1.54) is 0 Å². The number of carbonyl (C=O) groups is 1. The maximum absolute atomic E-state index is 10.9. The second-order valence-corrected chi connectivity index (χ2v) is 3.08. The zero-order valence-corrected chi connectivity index (χ0v) is 6.55. The first kappa shape index (κ1) is 7.80. The Bertz CT molecular complexity index is 258. The Morgan fingerprint density at radius 3 is 2.82 bits per heavy atom. The molecular formula is C8H9NO2. The Labute approximate surface area is 65.3 Å². The van der Waals surface area contributed by atoms with Gasteiger partial charge in [-0.15, -0.1) is 0 Å². The van der Waals surface area contributed by atoms with Crippen LogP contribution in [0, 0.1) is 11.3 Å². The normalized spacial score (nSPS) is 21.5. The summed E-state index contributed by atoms with van der Waals surface area (Å²) in [6.45, 7) is 3.63. The molecule has 0 fully saturated rings. The van der Waals surface area contributed by atoms with Gasteiger partial charge in [-0.1, -0.05) is 6.08 Å². The molecule has 0 aliphatic carbocycles. The van der Waals surface area contributed by atoms with Crippen molar-refractivity contribution in [3.05, 3.63) is 11.6 Å². The van der Waals surface area contributed by atoms with Crippen molar-refractivity contribution in [2.45, 2.75) is 25.9 Å². The molecule has 0 amide bonds. The maximum atomic E-state index is 10.9. The zero-order valence-electron chi connectivity index (χ0n) is 6.55. The van der Waals surface area contributed by atoms with Crippen LogP contribution in [0.4, 0.5) is 0 Å². The molecule has 0 unspecified atom stereocenters. The van der Waals surface area contributed by atoms with Crippen LogP contribution in [-0.2, 0) is 9.53 Å². The predicted molar refractivity (Wildman–Crippen MR) is 38.5 cm³/mol. The number of esters is 1. The van der Waals surface area contributed by atoms with Crippen LogP contribution in [0.5, 0.6) is 0 Å². The molecular weight excluding hydrogens is 142 g/mol. The highest BCUT2D eigenvalue weighted by molar-refractivity contribution is 5.93. The molecule has 1 aliphatic rings. The fourth-order valence-electron chi connectivity index (χ4n) is 0.870. The van der Waals surface area contributed by atoms with E-state index in [0.717, 1.165) is 0 Å². The maximum Gasteiger partial charge on any atom is 0.349 e. The van der Waals surface area contributed by atoms with Crippen molar-refractivity contribution in [1.82, 2.24) is 0 Å². The van der Waals surface area contributed by atoms with Crippen molar-refractivity contribution in [3.63, 3.8) is 0 Å². The Hall–Kier alpha value is -1.30. The minimum absolute atomic E-state index is 0.115. The first-order valence-corrected chi connectivity index (χ1v) is 3.39.